The van der Waals surface area contributed by atoms with Gasteiger partial charge in [-0.1, -0.05) is 23.7 Å². The van der Waals surface area contributed by atoms with Gasteiger partial charge in [-0.3, -0.25) is 0 Å². The standard InChI is InChI=1S/C20H21ClF2N2O2S/c1-28(26,27)25-20-13-7-16(8-13)24-18(20)9-12-6-15(22)10-17(19(12)23)11-3-2-4-14(21)5-11/h2-6,10,13,16,18,20,24-25H,7-9H2,1H3/t13?,16?,18-,20-/m0/s1. The summed E-state index contributed by atoms with van der Waals surface area (Å²) < 4.78 is 55.7. The van der Waals surface area contributed by atoms with Gasteiger partial charge in [-0.15, -0.1) is 0 Å². The van der Waals surface area contributed by atoms with E-state index in [1.54, 1.807) is 24.3 Å². The van der Waals surface area contributed by atoms with Gasteiger partial charge in [-0.2, -0.15) is 0 Å². The number of rotatable bonds is 5. The van der Waals surface area contributed by atoms with Crippen molar-refractivity contribution in [2.24, 2.45) is 5.92 Å². The van der Waals surface area contributed by atoms with Gasteiger partial charge in [0.1, 0.15) is 11.6 Å². The molecule has 2 aliphatic heterocycles. The lowest BCUT2D eigenvalue weighted by Gasteiger charge is -2.52. The lowest BCUT2D eigenvalue weighted by molar-refractivity contribution is 0.0809. The van der Waals surface area contributed by atoms with Crippen molar-refractivity contribution in [1.82, 2.24) is 10.0 Å². The molecule has 2 saturated heterocycles. The van der Waals surface area contributed by atoms with Gasteiger partial charge in [0.15, 0.2) is 0 Å². The molecular weight excluding hydrogens is 406 g/mol. The van der Waals surface area contributed by atoms with Crippen molar-refractivity contribution >= 4 is 21.6 Å². The summed E-state index contributed by atoms with van der Waals surface area (Å²) in [6.07, 6.45) is 3.10. The highest BCUT2D eigenvalue weighted by Crippen LogP contribution is 2.38. The first-order valence-electron chi connectivity index (χ1n) is 9.17. The molecule has 2 atom stereocenters. The zero-order valence-electron chi connectivity index (χ0n) is 15.3. The van der Waals surface area contributed by atoms with Crippen LogP contribution in [0.3, 0.4) is 0 Å². The second-order valence-corrected chi connectivity index (χ2v) is 9.97. The van der Waals surface area contributed by atoms with Gasteiger partial charge in [-0.25, -0.2) is 21.9 Å². The molecule has 0 unspecified atom stereocenters. The smallest absolute Gasteiger partial charge is 0.209 e. The fourth-order valence-corrected chi connectivity index (χ4v) is 5.38. The summed E-state index contributed by atoms with van der Waals surface area (Å²) in [7, 11) is -3.40. The molecule has 3 aliphatic rings. The quantitative estimate of drug-likeness (QED) is 0.769. The van der Waals surface area contributed by atoms with Crippen LogP contribution in [0.25, 0.3) is 11.1 Å². The van der Waals surface area contributed by atoms with Crippen LogP contribution in [0.4, 0.5) is 8.78 Å². The summed E-state index contributed by atoms with van der Waals surface area (Å²) in [5.74, 6) is -0.835. The maximum atomic E-state index is 15.2. The molecule has 8 heteroatoms. The number of benzene rings is 2. The van der Waals surface area contributed by atoms with Gasteiger partial charge in [0.2, 0.25) is 10.0 Å². The van der Waals surface area contributed by atoms with Crippen LogP contribution in [0, 0.1) is 17.6 Å². The van der Waals surface area contributed by atoms with Crippen LogP contribution >= 0.6 is 11.6 Å². The van der Waals surface area contributed by atoms with Crippen molar-refractivity contribution in [2.45, 2.75) is 37.4 Å². The first kappa shape index (κ1) is 19.8. The van der Waals surface area contributed by atoms with Gasteiger partial charge < -0.3 is 5.32 Å². The Morgan fingerprint density at radius 1 is 1.21 bits per heavy atom. The number of sulfonamides is 1. The molecule has 0 aromatic heterocycles. The Bertz CT molecular complexity index is 1010. The molecule has 4 nitrogen and oxygen atoms in total. The fourth-order valence-electron chi connectivity index (χ4n) is 4.33. The SMILES string of the molecule is CS(=O)(=O)N[C@H]1C2CC(C2)N[C@H]1Cc1cc(F)cc(-c2cccc(Cl)c2)c1F. The third kappa shape index (κ3) is 4.08. The zero-order valence-corrected chi connectivity index (χ0v) is 16.8. The molecule has 3 fully saturated rings. The topological polar surface area (TPSA) is 58.2 Å². The molecule has 2 aromatic rings. The van der Waals surface area contributed by atoms with Crippen LogP contribution in [0.5, 0.6) is 0 Å². The first-order chi connectivity index (χ1) is 13.2. The van der Waals surface area contributed by atoms with Gasteiger partial charge in [0, 0.05) is 28.7 Å². The van der Waals surface area contributed by atoms with E-state index in [2.05, 4.69) is 10.0 Å². The van der Waals surface area contributed by atoms with Gasteiger partial charge >= 0.3 is 0 Å². The molecule has 0 amide bonds. The normalized spacial score (nSPS) is 26.7. The highest BCUT2D eigenvalue weighted by molar-refractivity contribution is 7.88. The fraction of sp³-hybridized carbons (Fsp3) is 0.400. The predicted molar refractivity (Wildman–Crippen MR) is 106 cm³/mol. The number of piperidine rings is 2. The van der Waals surface area contributed by atoms with Crippen molar-refractivity contribution < 1.29 is 17.2 Å². The zero-order chi connectivity index (χ0) is 20.1. The van der Waals surface area contributed by atoms with Crippen LogP contribution < -0.4 is 10.0 Å². The Morgan fingerprint density at radius 2 is 1.96 bits per heavy atom. The van der Waals surface area contributed by atoms with E-state index >= 15 is 4.39 Å². The molecule has 1 saturated carbocycles. The number of halogens is 3. The van der Waals surface area contributed by atoms with Gasteiger partial charge in [-0.05, 0) is 60.6 Å². The molecule has 2 bridgehead atoms. The summed E-state index contributed by atoms with van der Waals surface area (Å²) in [6.45, 7) is 0. The van der Waals surface area contributed by atoms with Crippen LogP contribution in [-0.2, 0) is 16.4 Å². The molecule has 28 heavy (non-hydrogen) atoms. The largest absolute Gasteiger partial charge is 0.309 e. The van der Waals surface area contributed by atoms with E-state index in [1.165, 1.54) is 6.07 Å². The van der Waals surface area contributed by atoms with Crippen molar-refractivity contribution in [3.05, 3.63) is 58.6 Å². The Balaban J connectivity index is 1.66. The molecule has 5 rings (SSSR count). The van der Waals surface area contributed by atoms with E-state index in [1.807, 2.05) is 0 Å². The first-order valence-corrected chi connectivity index (χ1v) is 11.4. The number of hydrogen-bond acceptors (Lipinski definition) is 3. The van der Waals surface area contributed by atoms with E-state index in [0.29, 0.717) is 16.6 Å². The van der Waals surface area contributed by atoms with Crippen LogP contribution in [0.15, 0.2) is 36.4 Å². The maximum absolute atomic E-state index is 15.2. The molecule has 1 aliphatic carbocycles. The van der Waals surface area contributed by atoms with Crippen molar-refractivity contribution in [2.75, 3.05) is 6.26 Å². The minimum absolute atomic E-state index is 0.145. The number of hydrogen-bond donors (Lipinski definition) is 2. The summed E-state index contributed by atoms with van der Waals surface area (Å²) in [5.41, 5.74) is 0.858. The molecule has 150 valence electrons. The Hall–Kier alpha value is -1.54. The third-order valence-corrected chi connectivity index (χ3v) is 6.54. The minimum Gasteiger partial charge on any atom is -0.309 e. The van der Waals surface area contributed by atoms with Gasteiger partial charge in [0.05, 0.1) is 6.26 Å². The third-order valence-electron chi connectivity index (χ3n) is 5.60. The van der Waals surface area contributed by atoms with Gasteiger partial charge in [0.25, 0.3) is 0 Å². The Labute approximate surface area is 168 Å². The molecule has 0 radical (unpaired) electrons. The monoisotopic (exact) mass is 426 g/mol. The predicted octanol–water partition coefficient (Wildman–Crippen LogP) is 3.50. The Kier molecular flexibility index (Phi) is 5.20. The molecule has 2 aromatic carbocycles. The van der Waals surface area contributed by atoms with E-state index < -0.39 is 21.7 Å². The van der Waals surface area contributed by atoms with Crippen LogP contribution in [-0.4, -0.2) is 32.8 Å². The summed E-state index contributed by atoms with van der Waals surface area (Å²) >= 11 is 5.99. The summed E-state index contributed by atoms with van der Waals surface area (Å²) in [4.78, 5) is 0. The highest BCUT2D eigenvalue weighted by atomic mass is 35.5. The number of nitrogens with one attached hydrogen (secondary N) is 2. The molecular formula is C20H21ClF2N2O2S. The van der Waals surface area contributed by atoms with E-state index in [-0.39, 0.29) is 35.5 Å². The van der Waals surface area contributed by atoms with E-state index in [9.17, 15) is 12.8 Å². The second-order valence-electron chi connectivity index (χ2n) is 7.76. The van der Waals surface area contributed by atoms with Crippen molar-refractivity contribution in [3.63, 3.8) is 0 Å². The van der Waals surface area contributed by atoms with Crippen molar-refractivity contribution in [3.8, 4) is 11.1 Å². The lowest BCUT2D eigenvalue weighted by Crippen LogP contribution is -2.67. The van der Waals surface area contributed by atoms with Crippen LogP contribution in [0.1, 0.15) is 18.4 Å². The average molecular weight is 427 g/mol. The van der Waals surface area contributed by atoms with E-state index in [4.69, 9.17) is 11.6 Å². The van der Waals surface area contributed by atoms with Crippen molar-refractivity contribution in [1.29, 1.82) is 0 Å². The minimum atomic E-state index is -3.40. The Morgan fingerprint density at radius 3 is 2.64 bits per heavy atom. The van der Waals surface area contributed by atoms with E-state index in [0.717, 1.165) is 25.2 Å². The van der Waals surface area contributed by atoms with Crippen LogP contribution in [0.2, 0.25) is 5.02 Å². The second kappa shape index (κ2) is 7.37. The number of fused-ring (bicyclic) bond motifs is 2. The summed E-state index contributed by atoms with van der Waals surface area (Å²) in [6, 6.07) is 8.63. The lowest BCUT2D eigenvalue weighted by atomic mass is 9.68. The molecule has 0 spiro atoms. The maximum Gasteiger partial charge on any atom is 0.209 e. The highest BCUT2D eigenvalue weighted by Gasteiger charge is 2.46. The average Bonchev–Trinajstić information content (AvgIpc) is 2.56. The molecule has 2 heterocycles. The molecule has 2 N–H and O–H groups in total. The summed E-state index contributed by atoms with van der Waals surface area (Å²) in [5, 5.41) is 3.82.